The van der Waals surface area contributed by atoms with Gasteiger partial charge < -0.3 is 4.90 Å². The van der Waals surface area contributed by atoms with Gasteiger partial charge in [-0.25, -0.2) is 0 Å². The van der Waals surface area contributed by atoms with Gasteiger partial charge >= 0.3 is 0 Å². The van der Waals surface area contributed by atoms with E-state index in [0.717, 1.165) is 6.04 Å². The lowest BCUT2D eigenvalue weighted by Gasteiger charge is -2.42. The highest BCUT2D eigenvalue weighted by Crippen LogP contribution is 2.19. The Hall–Kier alpha value is -0.0800. The quantitative estimate of drug-likeness (QED) is 0.613. The van der Waals surface area contributed by atoms with E-state index in [0.29, 0.717) is 0 Å². The van der Waals surface area contributed by atoms with Crippen LogP contribution in [-0.2, 0) is 0 Å². The zero-order chi connectivity index (χ0) is 9.68. The van der Waals surface area contributed by atoms with Crippen LogP contribution in [0.3, 0.4) is 0 Å². The maximum Gasteiger partial charge on any atom is 0.0223 e. The molecule has 0 aromatic heterocycles. The van der Waals surface area contributed by atoms with Gasteiger partial charge in [0.2, 0.25) is 0 Å². The molecule has 78 valence electrons. The molecule has 0 amide bonds. The highest BCUT2D eigenvalue weighted by Gasteiger charge is 2.26. The second-order valence-electron chi connectivity index (χ2n) is 3.95. The molecule has 2 fully saturated rings. The van der Waals surface area contributed by atoms with E-state index in [-0.39, 0.29) is 0 Å². The van der Waals surface area contributed by atoms with Crippen LogP contribution in [0.25, 0.3) is 0 Å². The van der Waals surface area contributed by atoms with Crippen LogP contribution in [0.1, 0.15) is 33.1 Å². The van der Waals surface area contributed by atoms with Gasteiger partial charge in [-0.05, 0) is 45.9 Å². The van der Waals surface area contributed by atoms with Crippen molar-refractivity contribution in [3.05, 3.63) is 0 Å². The highest BCUT2D eigenvalue weighted by atomic mass is 15.2. The fraction of sp³-hybridized carbons (Fsp3) is 1.00. The predicted octanol–water partition coefficient (Wildman–Crippen LogP) is 1.81. The maximum absolute atomic E-state index is 2.63. The number of likely N-dealkylation sites (N-methyl/N-ethyl adjacent to an activating group) is 1. The summed E-state index contributed by atoms with van der Waals surface area (Å²) in [6.07, 6.45) is 4.27. The fourth-order valence-corrected chi connectivity index (χ4v) is 2.14. The van der Waals surface area contributed by atoms with Crippen LogP contribution < -0.4 is 0 Å². The lowest BCUT2D eigenvalue weighted by atomic mass is 10.0. The number of likely N-dealkylation sites (tertiary alicyclic amines) is 2. The summed E-state index contributed by atoms with van der Waals surface area (Å²) in [5.74, 6) is 0. The molecular weight excluding hydrogens is 160 g/mol. The minimum Gasteiger partial charge on any atom is -0.305 e. The Morgan fingerprint density at radius 2 is 1.69 bits per heavy atom. The van der Waals surface area contributed by atoms with E-state index in [4.69, 9.17) is 0 Å². The lowest BCUT2D eigenvalue weighted by molar-refractivity contribution is 0.0640. The Bertz CT molecular complexity index is 132. The summed E-state index contributed by atoms with van der Waals surface area (Å²) >= 11 is 0. The van der Waals surface area contributed by atoms with Crippen molar-refractivity contribution in [1.82, 2.24) is 9.80 Å². The van der Waals surface area contributed by atoms with Crippen molar-refractivity contribution >= 4 is 0 Å². The number of rotatable bonds is 1. The van der Waals surface area contributed by atoms with E-state index < -0.39 is 0 Å². The zero-order valence-corrected chi connectivity index (χ0v) is 9.42. The highest BCUT2D eigenvalue weighted by molar-refractivity contribution is 4.83. The van der Waals surface area contributed by atoms with Crippen molar-refractivity contribution in [3.8, 4) is 0 Å². The molecule has 0 aliphatic carbocycles. The van der Waals surface area contributed by atoms with Gasteiger partial charge in [0.1, 0.15) is 0 Å². The number of nitrogens with zero attached hydrogens (tertiary/aromatic N) is 2. The fourth-order valence-electron chi connectivity index (χ4n) is 2.14. The molecule has 13 heavy (non-hydrogen) atoms. The third-order valence-electron chi connectivity index (χ3n) is 3.01. The Morgan fingerprint density at radius 1 is 1.00 bits per heavy atom. The standard InChI is InChI=1S/C9H18N2.C2H6/c1-10-5-2-4-9(8-10)11-6-3-7-11;1-2/h9H,2-8H2,1H3;1-2H3. The summed E-state index contributed by atoms with van der Waals surface area (Å²) in [5, 5.41) is 0. The van der Waals surface area contributed by atoms with Crippen molar-refractivity contribution in [3.63, 3.8) is 0 Å². The molecule has 2 rings (SSSR count). The van der Waals surface area contributed by atoms with Crippen LogP contribution in [0.4, 0.5) is 0 Å². The molecule has 0 aromatic carbocycles. The first-order valence-corrected chi connectivity index (χ1v) is 5.79. The summed E-state index contributed by atoms with van der Waals surface area (Å²) in [4.78, 5) is 5.10. The van der Waals surface area contributed by atoms with Gasteiger partial charge in [0.05, 0.1) is 0 Å². The molecule has 0 saturated carbocycles. The first kappa shape index (κ1) is 11.0. The van der Waals surface area contributed by atoms with Gasteiger partial charge in [0, 0.05) is 12.6 Å². The molecule has 2 saturated heterocycles. The van der Waals surface area contributed by atoms with Crippen LogP contribution in [0.15, 0.2) is 0 Å². The molecule has 2 nitrogen and oxygen atoms in total. The van der Waals surface area contributed by atoms with Crippen molar-refractivity contribution in [2.45, 2.75) is 39.2 Å². The summed E-state index contributed by atoms with van der Waals surface area (Å²) in [6, 6.07) is 0.891. The van der Waals surface area contributed by atoms with Crippen molar-refractivity contribution in [2.24, 2.45) is 0 Å². The Balaban J connectivity index is 0.000000396. The monoisotopic (exact) mass is 184 g/mol. The van der Waals surface area contributed by atoms with Gasteiger partial charge in [-0.2, -0.15) is 0 Å². The van der Waals surface area contributed by atoms with Gasteiger partial charge in [0.25, 0.3) is 0 Å². The summed E-state index contributed by atoms with van der Waals surface area (Å²) in [6.45, 7) is 9.33. The van der Waals surface area contributed by atoms with E-state index in [1.165, 1.54) is 45.4 Å². The average molecular weight is 184 g/mol. The predicted molar refractivity (Wildman–Crippen MR) is 58.1 cm³/mol. The lowest BCUT2D eigenvalue weighted by Crippen LogP contribution is -2.52. The van der Waals surface area contributed by atoms with Crippen molar-refractivity contribution in [2.75, 3.05) is 33.2 Å². The topological polar surface area (TPSA) is 6.48 Å². The third kappa shape index (κ3) is 2.96. The van der Waals surface area contributed by atoms with Crippen LogP contribution >= 0.6 is 0 Å². The number of piperidine rings is 1. The molecule has 0 N–H and O–H groups in total. The molecule has 2 heterocycles. The molecule has 1 atom stereocenters. The normalized spacial score (nSPS) is 30.2. The SMILES string of the molecule is CC.CN1CCCC(N2CCC2)C1. The Kier molecular flexibility index (Phi) is 4.74. The molecule has 2 aliphatic rings. The molecule has 1 unspecified atom stereocenters. The summed E-state index contributed by atoms with van der Waals surface area (Å²) in [5.41, 5.74) is 0. The molecule has 0 bridgehead atoms. The minimum absolute atomic E-state index is 0.891. The molecule has 0 spiro atoms. The average Bonchev–Trinajstić information content (AvgIpc) is 2.05. The third-order valence-corrected chi connectivity index (χ3v) is 3.01. The van der Waals surface area contributed by atoms with Crippen molar-refractivity contribution < 1.29 is 0 Å². The molecule has 2 heteroatoms. The van der Waals surface area contributed by atoms with E-state index in [1.54, 1.807) is 0 Å². The van der Waals surface area contributed by atoms with Gasteiger partial charge in [0.15, 0.2) is 0 Å². The Morgan fingerprint density at radius 3 is 2.15 bits per heavy atom. The first-order chi connectivity index (χ1) is 6.36. The minimum atomic E-state index is 0.891. The van der Waals surface area contributed by atoms with Crippen LogP contribution in [0.5, 0.6) is 0 Å². The van der Waals surface area contributed by atoms with Gasteiger partial charge in [-0.15, -0.1) is 0 Å². The summed E-state index contributed by atoms with van der Waals surface area (Å²) in [7, 11) is 2.24. The molecule has 2 aliphatic heterocycles. The van der Waals surface area contributed by atoms with E-state index in [1.807, 2.05) is 13.8 Å². The van der Waals surface area contributed by atoms with Gasteiger partial charge in [-0.1, -0.05) is 13.8 Å². The van der Waals surface area contributed by atoms with Gasteiger partial charge in [-0.3, -0.25) is 4.90 Å². The Labute approximate surface area is 82.9 Å². The molecule has 0 aromatic rings. The number of hydrogen-bond acceptors (Lipinski definition) is 2. The molecule has 0 radical (unpaired) electrons. The van der Waals surface area contributed by atoms with Crippen LogP contribution in [-0.4, -0.2) is 49.1 Å². The first-order valence-electron chi connectivity index (χ1n) is 5.79. The van der Waals surface area contributed by atoms with Crippen molar-refractivity contribution in [1.29, 1.82) is 0 Å². The maximum atomic E-state index is 2.63. The summed E-state index contributed by atoms with van der Waals surface area (Å²) < 4.78 is 0. The second kappa shape index (κ2) is 5.61. The zero-order valence-electron chi connectivity index (χ0n) is 9.42. The van der Waals surface area contributed by atoms with Crippen LogP contribution in [0.2, 0.25) is 0 Å². The van der Waals surface area contributed by atoms with E-state index in [9.17, 15) is 0 Å². The second-order valence-corrected chi connectivity index (χ2v) is 3.95. The largest absolute Gasteiger partial charge is 0.305 e. The number of hydrogen-bond donors (Lipinski definition) is 0. The molecular formula is C11H24N2. The van der Waals surface area contributed by atoms with Crippen LogP contribution in [0, 0.1) is 0 Å². The smallest absolute Gasteiger partial charge is 0.0223 e. The van der Waals surface area contributed by atoms with E-state index >= 15 is 0 Å². The van der Waals surface area contributed by atoms with E-state index in [2.05, 4.69) is 16.8 Å².